The quantitative estimate of drug-likeness (QED) is 0.655. The summed E-state index contributed by atoms with van der Waals surface area (Å²) in [6, 6.07) is 17.2. The minimum Gasteiger partial charge on any atom is -0.294 e. The fourth-order valence-corrected chi connectivity index (χ4v) is 6.56. The summed E-state index contributed by atoms with van der Waals surface area (Å²) in [5.41, 5.74) is 2.21. The van der Waals surface area contributed by atoms with Gasteiger partial charge in [0.15, 0.2) is 0 Å². The summed E-state index contributed by atoms with van der Waals surface area (Å²) in [7, 11) is 0. The lowest BCUT2D eigenvalue weighted by molar-refractivity contribution is -0.176. The third-order valence-corrected chi connectivity index (χ3v) is 7.84. The van der Waals surface area contributed by atoms with E-state index in [0.29, 0.717) is 17.7 Å². The minimum atomic E-state index is -0.178. The molecule has 0 aliphatic carbocycles. The predicted octanol–water partition coefficient (Wildman–Crippen LogP) is 4.14. The first kappa shape index (κ1) is 19.8. The Balaban J connectivity index is 1.44. The number of hydrogen-bond donors (Lipinski definition) is 0. The van der Waals surface area contributed by atoms with Gasteiger partial charge in [0.2, 0.25) is 0 Å². The first-order valence-corrected chi connectivity index (χ1v) is 11.8. The molecular weight excluding hydrogens is 396 g/mol. The highest BCUT2D eigenvalue weighted by Gasteiger charge is 2.56. The van der Waals surface area contributed by atoms with E-state index in [1.807, 2.05) is 42.1 Å². The Morgan fingerprint density at radius 2 is 1.67 bits per heavy atom. The number of imide groups is 1. The van der Waals surface area contributed by atoms with E-state index in [1.165, 1.54) is 10.5 Å². The molecule has 2 aromatic rings. The molecule has 3 heterocycles. The van der Waals surface area contributed by atoms with Crippen LogP contribution in [0.5, 0.6) is 0 Å². The van der Waals surface area contributed by atoms with Gasteiger partial charge in [-0.2, -0.15) is 16.8 Å². The molecule has 156 valence electrons. The van der Waals surface area contributed by atoms with Crippen molar-refractivity contribution in [1.82, 2.24) is 9.96 Å². The fraction of sp³-hybridized carbons (Fsp3) is 0.417. The number of thioether (sulfide) groups is 1. The van der Waals surface area contributed by atoms with Crippen molar-refractivity contribution in [3.05, 3.63) is 71.3 Å². The maximum Gasteiger partial charge on any atom is 0.261 e. The summed E-state index contributed by atoms with van der Waals surface area (Å²) in [5.74, 6) is 0.426. The molecule has 5 rings (SSSR count). The first-order valence-electron chi connectivity index (χ1n) is 10.7. The number of hydrogen-bond acceptors (Lipinski definition) is 5. The highest BCUT2D eigenvalue weighted by atomic mass is 32.2. The lowest BCUT2D eigenvalue weighted by atomic mass is 9.99. The van der Waals surface area contributed by atoms with E-state index in [0.717, 1.165) is 25.0 Å². The smallest absolute Gasteiger partial charge is 0.261 e. The predicted molar refractivity (Wildman–Crippen MR) is 117 cm³/mol. The second kappa shape index (κ2) is 8.17. The Kier molecular flexibility index (Phi) is 5.39. The lowest BCUT2D eigenvalue weighted by Crippen LogP contribution is -2.51. The maximum absolute atomic E-state index is 13.1. The molecule has 3 aliphatic rings. The van der Waals surface area contributed by atoms with Crippen LogP contribution in [0.2, 0.25) is 0 Å². The average molecular weight is 423 g/mol. The number of carbonyl (C=O) groups excluding carboxylic acids is 2. The molecule has 5 nitrogen and oxygen atoms in total. The normalized spacial score (nSPS) is 28.2. The van der Waals surface area contributed by atoms with Gasteiger partial charge in [0.05, 0.1) is 34.6 Å². The number of hydroxylamine groups is 2. The molecule has 2 saturated heterocycles. The van der Waals surface area contributed by atoms with Gasteiger partial charge >= 0.3 is 0 Å². The molecule has 0 saturated carbocycles. The summed E-state index contributed by atoms with van der Waals surface area (Å²) in [5, 5.41) is 2.32. The molecule has 0 spiro atoms. The Hall–Kier alpha value is -2.15. The molecule has 4 atom stereocenters. The molecule has 30 heavy (non-hydrogen) atoms. The number of rotatable bonds is 6. The van der Waals surface area contributed by atoms with Gasteiger partial charge in [-0.15, -0.1) is 0 Å². The Morgan fingerprint density at radius 3 is 2.33 bits per heavy atom. The van der Waals surface area contributed by atoms with Crippen LogP contribution in [0.3, 0.4) is 0 Å². The van der Waals surface area contributed by atoms with Gasteiger partial charge in [0.25, 0.3) is 11.8 Å². The molecule has 0 bridgehead atoms. The van der Waals surface area contributed by atoms with Gasteiger partial charge in [-0.25, -0.2) is 0 Å². The molecule has 0 aromatic heterocycles. The van der Waals surface area contributed by atoms with Crippen LogP contribution in [0, 0.1) is 0 Å². The lowest BCUT2D eigenvalue weighted by Gasteiger charge is -2.31. The minimum absolute atomic E-state index is 0.0132. The largest absolute Gasteiger partial charge is 0.294 e. The van der Waals surface area contributed by atoms with Crippen LogP contribution in [-0.2, 0) is 11.4 Å². The summed E-state index contributed by atoms with van der Waals surface area (Å²) in [6.45, 7) is 2.85. The number of amides is 2. The van der Waals surface area contributed by atoms with E-state index in [1.54, 1.807) is 12.1 Å². The van der Waals surface area contributed by atoms with Gasteiger partial charge in [0, 0.05) is 12.3 Å². The van der Waals surface area contributed by atoms with Crippen molar-refractivity contribution in [1.29, 1.82) is 0 Å². The number of fused-ring (bicyclic) bond motifs is 2. The molecule has 2 aromatic carbocycles. The molecule has 6 heteroatoms. The molecule has 0 unspecified atom stereocenters. The second-order valence-electron chi connectivity index (χ2n) is 8.23. The second-order valence-corrected chi connectivity index (χ2v) is 9.44. The summed E-state index contributed by atoms with van der Waals surface area (Å²) in [6.07, 6.45) is 3.38. The molecule has 0 radical (unpaired) electrons. The van der Waals surface area contributed by atoms with Crippen molar-refractivity contribution >= 4 is 23.6 Å². The topological polar surface area (TPSA) is 49.9 Å². The van der Waals surface area contributed by atoms with Gasteiger partial charge in [-0.05, 0) is 24.1 Å². The van der Waals surface area contributed by atoms with Gasteiger partial charge in [-0.3, -0.25) is 19.3 Å². The zero-order valence-corrected chi connectivity index (χ0v) is 17.9. The van der Waals surface area contributed by atoms with Crippen molar-refractivity contribution in [3.63, 3.8) is 0 Å². The van der Waals surface area contributed by atoms with E-state index in [2.05, 4.69) is 24.1 Å². The third-order valence-electron chi connectivity index (χ3n) is 6.34. The van der Waals surface area contributed by atoms with Gasteiger partial charge in [-0.1, -0.05) is 62.2 Å². The highest BCUT2D eigenvalue weighted by molar-refractivity contribution is 8.00. The van der Waals surface area contributed by atoms with Crippen molar-refractivity contribution in [2.24, 2.45) is 0 Å². The first-order chi connectivity index (χ1) is 14.7. The van der Waals surface area contributed by atoms with Crippen LogP contribution in [0.25, 0.3) is 0 Å². The third kappa shape index (κ3) is 3.27. The van der Waals surface area contributed by atoms with Crippen molar-refractivity contribution in [2.75, 3.05) is 5.75 Å². The maximum atomic E-state index is 13.1. The molecular formula is C24H26N2O3S. The average Bonchev–Trinajstić information content (AvgIpc) is 3.41. The number of nitrogens with zero attached hydrogens (tertiary/aromatic N) is 2. The van der Waals surface area contributed by atoms with E-state index in [9.17, 15) is 9.59 Å². The summed E-state index contributed by atoms with van der Waals surface area (Å²) in [4.78, 5) is 34.2. The number of carbonyl (C=O) groups is 2. The van der Waals surface area contributed by atoms with E-state index >= 15 is 0 Å². The molecule has 2 fully saturated rings. The van der Waals surface area contributed by atoms with Crippen LogP contribution < -0.4 is 0 Å². The Labute approximate surface area is 181 Å². The van der Waals surface area contributed by atoms with Crippen LogP contribution in [-0.4, -0.2) is 51.0 Å². The van der Waals surface area contributed by atoms with Crippen LogP contribution in [0.4, 0.5) is 0 Å². The summed E-state index contributed by atoms with van der Waals surface area (Å²) < 4.78 is 0. The van der Waals surface area contributed by atoms with Crippen LogP contribution in [0.1, 0.15) is 52.5 Å². The van der Waals surface area contributed by atoms with E-state index in [-0.39, 0.29) is 35.3 Å². The molecule has 2 amide bonds. The number of benzene rings is 2. The number of unbranched alkanes of at least 4 members (excludes halogenated alkanes) is 1. The Bertz CT molecular complexity index is 915. The Morgan fingerprint density at radius 1 is 1.00 bits per heavy atom. The van der Waals surface area contributed by atoms with Crippen molar-refractivity contribution in [3.8, 4) is 0 Å². The monoisotopic (exact) mass is 422 g/mol. The highest BCUT2D eigenvalue weighted by Crippen LogP contribution is 2.45. The van der Waals surface area contributed by atoms with Crippen LogP contribution in [0.15, 0.2) is 54.6 Å². The zero-order valence-electron chi connectivity index (χ0n) is 17.1. The van der Waals surface area contributed by atoms with E-state index < -0.39 is 0 Å². The van der Waals surface area contributed by atoms with Crippen LogP contribution >= 0.6 is 11.8 Å². The van der Waals surface area contributed by atoms with E-state index in [4.69, 9.17) is 4.84 Å². The zero-order chi connectivity index (χ0) is 20.7. The van der Waals surface area contributed by atoms with Gasteiger partial charge < -0.3 is 0 Å². The fourth-order valence-electron chi connectivity index (χ4n) is 4.88. The molecule has 3 aliphatic heterocycles. The summed E-state index contributed by atoms with van der Waals surface area (Å²) >= 11 is 1.85. The van der Waals surface area contributed by atoms with Gasteiger partial charge in [0.1, 0.15) is 0 Å². The SMILES string of the molecule is CCCC[C@@H]1ON(Cc2ccccc2)[C@@H]2[C@H]1SC[C@@H]2N1C(=O)c2ccccc2C1=O. The standard InChI is InChI=1S/C24H26N2O3S/c1-2-3-13-20-22-21(25(29-20)14-16-9-5-4-6-10-16)19(15-30-22)26-23(27)17-11-7-8-12-18(17)24(26)28/h4-12,19-22H,2-3,13-15H2,1H3/t19-,20-,21-,22-/m0/s1. The van der Waals surface area contributed by atoms with Crippen molar-refractivity contribution < 1.29 is 14.4 Å². The molecule has 0 N–H and O–H groups in total. The van der Waals surface area contributed by atoms with Crippen molar-refractivity contribution in [2.45, 2.75) is 56.2 Å².